The quantitative estimate of drug-likeness (QED) is 0.867. The van der Waals surface area contributed by atoms with Gasteiger partial charge in [-0.1, -0.05) is 34.1 Å². The molecule has 0 aromatic heterocycles. The molecular weight excluding hydrogens is 294 g/mol. The number of alkyl halides is 1. The van der Waals surface area contributed by atoms with Gasteiger partial charge >= 0.3 is 0 Å². The highest BCUT2D eigenvalue weighted by Crippen LogP contribution is 2.46. The summed E-state index contributed by atoms with van der Waals surface area (Å²) >= 11 is 3.51. The van der Waals surface area contributed by atoms with Gasteiger partial charge in [-0.3, -0.25) is 4.79 Å². The normalized spacial score (nSPS) is 23.1. The highest BCUT2D eigenvalue weighted by Gasteiger charge is 2.42. The van der Waals surface area contributed by atoms with Crippen LogP contribution in [0.4, 0.5) is 0 Å². The number of amides is 1. The first kappa shape index (κ1) is 12.0. The number of para-hydroxylation sites is 1. The number of ether oxygens (including phenoxy) is 1. The number of carbonyl (C=O) groups excluding carboxylic acids is 1. The molecule has 4 heteroatoms. The van der Waals surface area contributed by atoms with Crippen LogP contribution in [0.15, 0.2) is 24.3 Å². The second kappa shape index (κ2) is 4.57. The molecule has 1 aromatic carbocycles. The van der Waals surface area contributed by atoms with E-state index in [-0.39, 0.29) is 12.0 Å². The van der Waals surface area contributed by atoms with Gasteiger partial charge in [0.05, 0.1) is 0 Å². The van der Waals surface area contributed by atoms with Gasteiger partial charge in [0, 0.05) is 18.3 Å². The van der Waals surface area contributed by atoms with Gasteiger partial charge < -0.3 is 10.1 Å². The number of rotatable bonds is 4. The predicted octanol–water partition coefficient (Wildman–Crippen LogP) is 2.28. The zero-order valence-electron chi connectivity index (χ0n) is 10.1. The molecule has 1 fully saturated rings. The lowest BCUT2D eigenvalue weighted by Crippen LogP contribution is -2.40. The SMILES string of the molecule is O=C(NCC1(CBr)CC1)C1Cc2ccccc2O1. The van der Waals surface area contributed by atoms with Crippen LogP contribution in [0.2, 0.25) is 0 Å². The summed E-state index contributed by atoms with van der Waals surface area (Å²) in [6, 6.07) is 7.85. The fourth-order valence-corrected chi connectivity index (χ4v) is 3.01. The summed E-state index contributed by atoms with van der Waals surface area (Å²) in [4.78, 5) is 12.1. The molecule has 0 saturated heterocycles. The number of hydrogen-bond donors (Lipinski definition) is 1. The Hall–Kier alpha value is -1.03. The average molecular weight is 310 g/mol. The van der Waals surface area contributed by atoms with Gasteiger partial charge in [-0.05, 0) is 29.9 Å². The summed E-state index contributed by atoms with van der Waals surface area (Å²) in [7, 11) is 0. The Morgan fingerprint density at radius 2 is 2.22 bits per heavy atom. The maximum Gasteiger partial charge on any atom is 0.261 e. The van der Waals surface area contributed by atoms with Gasteiger partial charge in [-0.15, -0.1) is 0 Å². The van der Waals surface area contributed by atoms with E-state index in [1.54, 1.807) is 0 Å². The fraction of sp³-hybridized carbons (Fsp3) is 0.500. The van der Waals surface area contributed by atoms with Crippen molar-refractivity contribution in [2.24, 2.45) is 5.41 Å². The van der Waals surface area contributed by atoms with E-state index < -0.39 is 0 Å². The van der Waals surface area contributed by atoms with E-state index in [4.69, 9.17) is 4.74 Å². The van der Waals surface area contributed by atoms with Crippen LogP contribution in [-0.2, 0) is 11.2 Å². The Bertz CT molecular complexity index is 446. The molecule has 3 rings (SSSR count). The largest absolute Gasteiger partial charge is 0.480 e. The fourth-order valence-electron chi connectivity index (χ4n) is 2.25. The van der Waals surface area contributed by atoms with Gasteiger partial charge in [-0.25, -0.2) is 0 Å². The maximum atomic E-state index is 12.1. The van der Waals surface area contributed by atoms with Crippen molar-refractivity contribution in [2.75, 3.05) is 11.9 Å². The van der Waals surface area contributed by atoms with E-state index in [0.29, 0.717) is 11.8 Å². The van der Waals surface area contributed by atoms with Crippen LogP contribution in [0.1, 0.15) is 18.4 Å². The van der Waals surface area contributed by atoms with Crippen molar-refractivity contribution in [1.82, 2.24) is 5.32 Å². The summed E-state index contributed by atoms with van der Waals surface area (Å²) in [6.07, 6.45) is 2.73. The molecule has 18 heavy (non-hydrogen) atoms. The standard InChI is InChI=1S/C14H16BrNO2/c15-8-14(5-6-14)9-16-13(17)12-7-10-3-1-2-4-11(10)18-12/h1-4,12H,5-9H2,(H,16,17). The van der Waals surface area contributed by atoms with Crippen molar-refractivity contribution in [1.29, 1.82) is 0 Å². The minimum atomic E-state index is -0.353. The molecule has 1 amide bonds. The van der Waals surface area contributed by atoms with Crippen molar-refractivity contribution in [3.63, 3.8) is 0 Å². The van der Waals surface area contributed by atoms with E-state index in [9.17, 15) is 4.79 Å². The Kier molecular flexibility index (Phi) is 3.06. The molecule has 3 nitrogen and oxygen atoms in total. The summed E-state index contributed by atoms with van der Waals surface area (Å²) in [5.41, 5.74) is 1.43. The molecule has 2 aliphatic rings. The molecule has 0 spiro atoms. The highest BCUT2D eigenvalue weighted by molar-refractivity contribution is 9.09. The van der Waals surface area contributed by atoms with E-state index in [1.165, 1.54) is 12.8 Å². The van der Waals surface area contributed by atoms with Crippen molar-refractivity contribution in [2.45, 2.75) is 25.4 Å². The average Bonchev–Trinajstić information content (AvgIpc) is 3.05. The van der Waals surface area contributed by atoms with Crippen LogP contribution in [-0.4, -0.2) is 23.9 Å². The van der Waals surface area contributed by atoms with E-state index in [0.717, 1.165) is 23.2 Å². The van der Waals surface area contributed by atoms with Crippen LogP contribution in [0, 0.1) is 5.41 Å². The summed E-state index contributed by atoms with van der Waals surface area (Å²) in [5.74, 6) is 0.859. The molecule has 1 saturated carbocycles. The molecule has 1 heterocycles. The van der Waals surface area contributed by atoms with Gasteiger partial charge in [0.15, 0.2) is 6.10 Å². The summed E-state index contributed by atoms with van der Waals surface area (Å²) in [6.45, 7) is 0.757. The maximum absolute atomic E-state index is 12.1. The second-order valence-electron chi connectivity index (χ2n) is 5.27. The minimum Gasteiger partial charge on any atom is -0.480 e. The van der Waals surface area contributed by atoms with Crippen molar-refractivity contribution >= 4 is 21.8 Å². The minimum absolute atomic E-state index is 0.0124. The molecular formula is C14H16BrNO2. The summed E-state index contributed by atoms with van der Waals surface area (Å²) in [5, 5.41) is 3.98. The van der Waals surface area contributed by atoms with E-state index in [2.05, 4.69) is 21.2 Å². The Morgan fingerprint density at radius 3 is 2.89 bits per heavy atom. The second-order valence-corrected chi connectivity index (χ2v) is 5.83. The number of fused-ring (bicyclic) bond motifs is 1. The van der Waals surface area contributed by atoms with Gasteiger partial charge in [0.1, 0.15) is 5.75 Å². The molecule has 1 aliphatic heterocycles. The zero-order valence-corrected chi connectivity index (χ0v) is 11.7. The topological polar surface area (TPSA) is 38.3 Å². The van der Waals surface area contributed by atoms with Crippen molar-refractivity contribution in [3.8, 4) is 5.75 Å². The van der Waals surface area contributed by atoms with E-state index >= 15 is 0 Å². The number of nitrogens with one attached hydrogen (secondary N) is 1. The molecule has 1 aromatic rings. The van der Waals surface area contributed by atoms with Crippen LogP contribution in [0.3, 0.4) is 0 Å². The number of halogens is 1. The van der Waals surface area contributed by atoms with Gasteiger partial charge in [-0.2, -0.15) is 0 Å². The molecule has 1 unspecified atom stereocenters. The lowest BCUT2D eigenvalue weighted by Gasteiger charge is -2.15. The highest BCUT2D eigenvalue weighted by atomic mass is 79.9. The van der Waals surface area contributed by atoms with Gasteiger partial charge in [0.2, 0.25) is 0 Å². The Morgan fingerprint density at radius 1 is 1.44 bits per heavy atom. The molecule has 96 valence electrons. The first-order valence-corrected chi connectivity index (χ1v) is 7.43. The Balaban J connectivity index is 1.56. The van der Waals surface area contributed by atoms with Crippen LogP contribution in [0.5, 0.6) is 5.75 Å². The summed E-state index contributed by atoms with van der Waals surface area (Å²) < 4.78 is 5.66. The molecule has 1 N–H and O–H groups in total. The third-order valence-electron chi connectivity index (χ3n) is 3.82. The molecule has 1 atom stereocenters. The number of carbonyl (C=O) groups is 1. The van der Waals surface area contributed by atoms with Crippen LogP contribution < -0.4 is 10.1 Å². The predicted molar refractivity (Wildman–Crippen MR) is 73.0 cm³/mol. The number of benzene rings is 1. The Labute approximate surface area is 115 Å². The molecule has 0 radical (unpaired) electrons. The lowest BCUT2D eigenvalue weighted by atomic mass is 10.1. The van der Waals surface area contributed by atoms with Crippen LogP contribution in [0.25, 0.3) is 0 Å². The monoisotopic (exact) mass is 309 g/mol. The smallest absolute Gasteiger partial charge is 0.261 e. The lowest BCUT2D eigenvalue weighted by molar-refractivity contribution is -0.127. The van der Waals surface area contributed by atoms with Crippen molar-refractivity contribution in [3.05, 3.63) is 29.8 Å². The van der Waals surface area contributed by atoms with Crippen LogP contribution >= 0.6 is 15.9 Å². The first-order valence-electron chi connectivity index (χ1n) is 6.31. The third-order valence-corrected chi connectivity index (χ3v) is 5.01. The third kappa shape index (κ3) is 2.26. The molecule has 0 bridgehead atoms. The van der Waals surface area contributed by atoms with Crippen molar-refractivity contribution < 1.29 is 9.53 Å². The van der Waals surface area contributed by atoms with E-state index in [1.807, 2.05) is 24.3 Å². The first-order chi connectivity index (χ1) is 8.72. The van der Waals surface area contributed by atoms with Gasteiger partial charge in [0.25, 0.3) is 5.91 Å². The number of hydrogen-bond acceptors (Lipinski definition) is 2. The molecule has 1 aliphatic carbocycles. The zero-order chi connectivity index (χ0) is 12.6.